The Bertz CT molecular complexity index is 279. The van der Waals surface area contributed by atoms with Crippen molar-refractivity contribution < 1.29 is 4.79 Å². The summed E-state index contributed by atoms with van der Waals surface area (Å²) in [6.07, 6.45) is 5.54. The average molecular weight is 238 g/mol. The molecule has 2 N–H and O–H groups in total. The van der Waals surface area contributed by atoms with E-state index in [1.54, 1.807) is 0 Å². The first-order valence-electron chi connectivity index (χ1n) is 7.14. The molecule has 3 heteroatoms. The highest BCUT2D eigenvalue weighted by molar-refractivity contribution is 5.79. The smallest absolute Gasteiger partial charge is 0.227 e. The fourth-order valence-corrected chi connectivity index (χ4v) is 3.16. The molecule has 98 valence electrons. The lowest BCUT2D eigenvalue weighted by Crippen LogP contribution is -2.49. The molecule has 4 atom stereocenters. The van der Waals surface area contributed by atoms with Crippen molar-refractivity contribution in [2.75, 3.05) is 13.1 Å². The number of rotatable bonds is 1. The summed E-state index contributed by atoms with van der Waals surface area (Å²) in [6, 6.07) is 0.103. The molecule has 2 rings (SSSR count). The molecule has 1 amide bonds. The highest BCUT2D eigenvalue weighted by Crippen LogP contribution is 2.28. The van der Waals surface area contributed by atoms with Crippen LogP contribution in [0.25, 0.3) is 0 Å². The maximum absolute atomic E-state index is 12.5. The fraction of sp³-hybridized carbons (Fsp3) is 0.929. The van der Waals surface area contributed by atoms with E-state index in [0.29, 0.717) is 11.8 Å². The van der Waals surface area contributed by atoms with Crippen molar-refractivity contribution in [3.63, 3.8) is 0 Å². The van der Waals surface area contributed by atoms with Crippen LogP contribution in [-0.2, 0) is 4.79 Å². The zero-order chi connectivity index (χ0) is 12.4. The third-order valence-corrected chi connectivity index (χ3v) is 4.78. The van der Waals surface area contributed by atoms with E-state index in [2.05, 4.69) is 18.7 Å². The Labute approximate surface area is 105 Å². The van der Waals surface area contributed by atoms with Gasteiger partial charge in [0.1, 0.15) is 0 Å². The van der Waals surface area contributed by atoms with Gasteiger partial charge in [0.15, 0.2) is 0 Å². The molecule has 1 heterocycles. The molecule has 1 saturated heterocycles. The van der Waals surface area contributed by atoms with Crippen LogP contribution >= 0.6 is 0 Å². The fourth-order valence-electron chi connectivity index (χ4n) is 3.16. The normalized spacial score (nSPS) is 39.1. The largest absolute Gasteiger partial charge is 0.342 e. The summed E-state index contributed by atoms with van der Waals surface area (Å²) >= 11 is 0. The van der Waals surface area contributed by atoms with E-state index < -0.39 is 0 Å². The molecule has 0 aromatic rings. The summed E-state index contributed by atoms with van der Waals surface area (Å²) in [5, 5.41) is 0. The summed E-state index contributed by atoms with van der Waals surface area (Å²) in [7, 11) is 0. The molecule has 0 spiro atoms. The van der Waals surface area contributed by atoms with Crippen LogP contribution in [0.15, 0.2) is 0 Å². The number of hydrogen-bond donors (Lipinski definition) is 1. The summed E-state index contributed by atoms with van der Waals surface area (Å²) < 4.78 is 0. The van der Waals surface area contributed by atoms with Gasteiger partial charge in [0.2, 0.25) is 5.91 Å². The molecule has 4 unspecified atom stereocenters. The molecule has 17 heavy (non-hydrogen) atoms. The lowest BCUT2D eigenvalue weighted by atomic mass is 9.82. The Balaban J connectivity index is 1.95. The lowest BCUT2D eigenvalue weighted by molar-refractivity contribution is -0.139. The second kappa shape index (κ2) is 5.38. The van der Waals surface area contributed by atoms with Crippen LogP contribution in [0.5, 0.6) is 0 Å². The Hall–Kier alpha value is -0.570. The SMILES string of the molecule is CC1CCN(C(=O)C2CCCCC2N)CC1C. The van der Waals surface area contributed by atoms with Gasteiger partial charge in [0.05, 0.1) is 5.92 Å². The Kier molecular flexibility index (Phi) is 4.08. The van der Waals surface area contributed by atoms with Gasteiger partial charge in [-0.05, 0) is 31.1 Å². The number of nitrogens with two attached hydrogens (primary N) is 1. The van der Waals surface area contributed by atoms with E-state index in [4.69, 9.17) is 5.73 Å². The minimum Gasteiger partial charge on any atom is -0.342 e. The number of nitrogens with zero attached hydrogens (tertiary/aromatic N) is 1. The monoisotopic (exact) mass is 238 g/mol. The van der Waals surface area contributed by atoms with Gasteiger partial charge in [0.25, 0.3) is 0 Å². The first-order valence-corrected chi connectivity index (χ1v) is 7.14. The molecule has 1 aliphatic carbocycles. The second-order valence-electron chi connectivity index (χ2n) is 6.08. The third-order valence-electron chi connectivity index (χ3n) is 4.78. The highest BCUT2D eigenvalue weighted by atomic mass is 16.2. The maximum Gasteiger partial charge on any atom is 0.227 e. The van der Waals surface area contributed by atoms with Gasteiger partial charge < -0.3 is 10.6 Å². The lowest BCUT2D eigenvalue weighted by Gasteiger charge is -2.39. The maximum atomic E-state index is 12.5. The number of carbonyl (C=O) groups excluding carboxylic acids is 1. The average Bonchev–Trinajstić information content (AvgIpc) is 2.32. The molecule has 1 saturated carbocycles. The van der Waals surface area contributed by atoms with E-state index >= 15 is 0 Å². The first-order chi connectivity index (χ1) is 8.09. The van der Waals surface area contributed by atoms with E-state index in [0.717, 1.165) is 38.3 Å². The number of likely N-dealkylation sites (tertiary alicyclic amines) is 1. The Morgan fingerprint density at radius 1 is 1.12 bits per heavy atom. The molecular formula is C14H26N2O. The Morgan fingerprint density at radius 2 is 1.82 bits per heavy atom. The van der Waals surface area contributed by atoms with Crippen molar-refractivity contribution >= 4 is 5.91 Å². The van der Waals surface area contributed by atoms with Gasteiger partial charge in [-0.15, -0.1) is 0 Å². The quantitative estimate of drug-likeness (QED) is 0.759. The zero-order valence-corrected chi connectivity index (χ0v) is 11.2. The topological polar surface area (TPSA) is 46.3 Å². The summed E-state index contributed by atoms with van der Waals surface area (Å²) in [5.74, 6) is 1.81. The number of piperidine rings is 1. The van der Waals surface area contributed by atoms with Crippen molar-refractivity contribution in [1.82, 2.24) is 4.90 Å². The van der Waals surface area contributed by atoms with Crippen LogP contribution in [-0.4, -0.2) is 29.9 Å². The van der Waals surface area contributed by atoms with Crippen LogP contribution in [0.2, 0.25) is 0 Å². The molecule has 0 radical (unpaired) electrons. The number of amides is 1. The van der Waals surface area contributed by atoms with Crippen LogP contribution in [0, 0.1) is 17.8 Å². The summed E-state index contributed by atoms with van der Waals surface area (Å²) in [5.41, 5.74) is 6.10. The van der Waals surface area contributed by atoms with Gasteiger partial charge in [0, 0.05) is 19.1 Å². The summed E-state index contributed by atoms with van der Waals surface area (Å²) in [4.78, 5) is 14.5. The van der Waals surface area contributed by atoms with Crippen LogP contribution in [0.3, 0.4) is 0 Å². The van der Waals surface area contributed by atoms with E-state index in [9.17, 15) is 4.79 Å². The van der Waals surface area contributed by atoms with Crippen molar-refractivity contribution in [2.45, 2.75) is 52.0 Å². The molecule has 2 aliphatic rings. The van der Waals surface area contributed by atoms with Gasteiger partial charge >= 0.3 is 0 Å². The molecule has 0 aromatic heterocycles. The predicted molar refractivity (Wildman–Crippen MR) is 69.5 cm³/mol. The predicted octanol–water partition coefficient (Wildman–Crippen LogP) is 2.01. The van der Waals surface area contributed by atoms with Gasteiger partial charge in [-0.2, -0.15) is 0 Å². The standard InChI is InChI=1S/C14H26N2O/c1-10-7-8-16(9-11(10)2)14(17)12-5-3-4-6-13(12)15/h10-13H,3-9,15H2,1-2H3. The number of hydrogen-bond acceptors (Lipinski definition) is 2. The van der Waals surface area contributed by atoms with E-state index in [1.807, 2.05) is 0 Å². The van der Waals surface area contributed by atoms with Gasteiger partial charge in [-0.3, -0.25) is 4.79 Å². The van der Waals surface area contributed by atoms with Crippen molar-refractivity contribution in [2.24, 2.45) is 23.5 Å². The molecular weight excluding hydrogens is 212 g/mol. The number of carbonyl (C=O) groups is 1. The van der Waals surface area contributed by atoms with Crippen molar-refractivity contribution in [3.8, 4) is 0 Å². The van der Waals surface area contributed by atoms with Crippen molar-refractivity contribution in [3.05, 3.63) is 0 Å². The minimum atomic E-state index is 0.101. The van der Waals surface area contributed by atoms with Crippen LogP contribution in [0.1, 0.15) is 46.0 Å². The molecule has 0 bridgehead atoms. The Morgan fingerprint density at radius 3 is 2.47 bits per heavy atom. The molecule has 0 aromatic carbocycles. The highest BCUT2D eigenvalue weighted by Gasteiger charge is 2.34. The minimum absolute atomic E-state index is 0.101. The van der Waals surface area contributed by atoms with Crippen molar-refractivity contribution in [1.29, 1.82) is 0 Å². The molecule has 2 fully saturated rings. The molecule has 1 aliphatic heterocycles. The van der Waals surface area contributed by atoms with Crippen LogP contribution in [0.4, 0.5) is 0 Å². The molecule has 3 nitrogen and oxygen atoms in total. The zero-order valence-electron chi connectivity index (χ0n) is 11.2. The third kappa shape index (κ3) is 2.82. The van der Waals surface area contributed by atoms with E-state index in [1.165, 1.54) is 12.8 Å². The van der Waals surface area contributed by atoms with E-state index in [-0.39, 0.29) is 12.0 Å². The van der Waals surface area contributed by atoms with Gasteiger partial charge in [-0.25, -0.2) is 0 Å². The van der Waals surface area contributed by atoms with Crippen LogP contribution < -0.4 is 5.73 Å². The second-order valence-corrected chi connectivity index (χ2v) is 6.08. The first kappa shape index (κ1) is 12.9. The van der Waals surface area contributed by atoms with Gasteiger partial charge in [-0.1, -0.05) is 26.7 Å². The summed E-state index contributed by atoms with van der Waals surface area (Å²) in [6.45, 7) is 6.42.